The van der Waals surface area contributed by atoms with Gasteiger partial charge in [-0.3, -0.25) is 9.47 Å². The number of benzene rings is 2. The molecule has 4 aromatic heterocycles. The van der Waals surface area contributed by atoms with Crippen LogP contribution in [-0.2, 0) is 6.54 Å². The summed E-state index contributed by atoms with van der Waals surface area (Å²) in [6.45, 7) is 2.06. The van der Waals surface area contributed by atoms with E-state index in [1.807, 2.05) is 47.0 Å². The molecule has 0 unspecified atom stereocenters. The Balaban J connectivity index is 1.14. The number of aliphatic hydroxyl groups is 1. The molecule has 7 rings (SSSR count). The van der Waals surface area contributed by atoms with Crippen molar-refractivity contribution in [2.45, 2.75) is 25.1 Å². The van der Waals surface area contributed by atoms with Crippen LogP contribution in [0.2, 0.25) is 0 Å². The number of aromatic nitrogens is 6. The van der Waals surface area contributed by atoms with Crippen LogP contribution in [0, 0.1) is 17.1 Å². The van der Waals surface area contributed by atoms with Crippen LogP contribution in [0.5, 0.6) is 0 Å². The number of hydrogen-bond donors (Lipinski definition) is 3. The molecule has 0 radical (unpaired) electrons. The van der Waals surface area contributed by atoms with Crippen LogP contribution < -0.4 is 11.1 Å². The van der Waals surface area contributed by atoms with Crippen molar-refractivity contribution in [1.82, 2.24) is 34.4 Å². The van der Waals surface area contributed by atoms with E-state index in [1.165, 1.54) is 18.3 Å². The fourth-order valence-corrected chi connectivity index (χ4v) is 5.71. The van der Waals surface area contributed by atoms with E-state index in [9.17, 15) is 9.50 Å². The lowest BCUT2D eigenvalue weighted by atomic mass is 9.99. The minimum absolute atomic E-state index is 0.0540. The lowest BCUT2D eigenvalue weighted by Gasteiger charge is -2.38. The Bertz CT molecular complexity index is 2060. The van der Waals surface area contributed by atoms with Gasteiger partial charge in [0.1, 0.15) is 34.8 Å². The molecular formula is C34H29FN10O. The molecule has 1 aliphatic rings. The van der Waals surface area contributed by atoms with Gasteiger partial charge in [-0.2, -0.15) is 5.26 Å². The van der Waals surface area contributed by atoms with Gasteiger partial charge >= 0.3 is 0 Å². The monoisotopic (exact) mass is 612 g/mol. The fourth-order valence-electron chi connectivity index (χ4n) is 5.71. The second-order valence-corrected chi connectivity index (χ2v) is 11.2. The van der Waals surface area contributed by atoms with Gasteiger partial charge in [0.2, 0.25) is 5.82 Å². The highest BCUT2D eigenvalue weighted by molar-refractivity contribution is 5.84. The van der Waals surface area contributed by atoms with E-state index in [1.54, 1.807) is 24.4 Å². The number of halogens is 1. The largest absolute Gasteiger partial charge is 0.383 e. The number of piperidine rings is 1. The Morgan fingerprint density at radius 1 is 0.913 bits per heavy atom. The van der Waals surface area contributed by atoms with Crippen LogP contribution >= 0.6 is 0 Å². The zero-order valence-corrected chi connectivity index (χ0v) is 24.7. The predicted octanol–water partition coefficient (Wildman–Crippen LogP) is 4.93. The standard InChI is InChI=1S/C34H29FN10O/c35-24-7-5-23(6-8-24)27-11-12-28-33(40-27)45(32(41-28)26-2-1-16-39-31(26)37)25-9-3-22(4-10-25)21-44-18-14-34(46,15-19-44)43-29-13-17-38-30(20-36)42-29/h1-13,16-17,46H,14-15,18-19,21H2,(H2,37,39)(H,38,42,43). The number of rotatable bonds is 7. The number of hydrogen-bond acceptors (Lipinski definition) is 10. The summed E-state index contributed by atoms with van der Waals surface area (Å²) < 4.78 is 15.6. The third-order valence-corrected chi connectivity index (χ3v) is 8.12. The minimum atomic E-state index is -1.12. The Hall–Kier alpha value is -5.77. The second-order valence-electron chi connectivity index (χ2n) is 11.2. The van der Waals surface area contributed by atoms with Gasteiger partial charge in [-0.1, -0.05) is 12.1 Å². The highest BCUT2D eigenvalue weighted by Crippen LogP contribution is 2.32. The first-order valence-corrected chi connectivity index (χ1v) is 14.8. The maximum absolute atomic E-state index is 13.6. The summed E-state index contributed by atoms with van der Waals surface area (Å²) in [6, 6.07) is 25.5. The van der Waals surface area contributed by atoms with E-state index in [2.05, 4.69) is 37.3 Å². The topological polar surface area (TPSA) is 155 Å². The molecule has 5 heterocycles. The molecule has 12 heteroatoms. The molecule has 6 aromatic rings. The Morgan fingerprint density at radius 3 is 2.43 bits per heavy atom. The van der Waals surface area contributed by atoms with Crippen LogP contribution in [-0.4, -0.2) is 58.3 Å². The quantitative estimate of drug-likeness (QED) is 0.211. The number of anilines is 2. The molecule has 2 aromatic carbocycles. The van der Waals surface area contributed by atoms with Crippen LogP contribution in [0.3, 0.4) is 0 Å². The van der Waals surface area contributed by atoms with Crippen LogP contribution in [0.25, 0.3) is 39.5 Å². The normalized spacial score (nSPS) is 14.6. The Morgan fingerprint density at radius 2 is 1.70 bits per heavy atom. The van der Waals surface area contributed by atoms with Crippen molar-refractivity contribution < 1.29 is 9.50 Å². The number of pyridine rings is 2. The van der Waals surface area contributed by atoms with Gasteiger partial charge in [0.15, 0.2) is 11.5 Å². The van der Waals surface area contributed by atoms with Gasteiger partial charge in [0, 0.05) is 56.1 Å². The number of likely N-dealkylation sites (tertiary alicyclic amines) is 1. The van der Waals surface area contributed by atoms with E-state index in [-0.39, 0.29) is 11.6 Å². The summed E-state index contributed by atoms with van der Waals surface area (Å²) in [5.41, 5.74) is 10.6. The van der Waals surface area contributed by atoms with Crippen LogP contribution in [0.15, 0.2) is 91.3 Å². The van der Waals surface area contributed by atoms with Gasteiger partial charge < -0.3 is 16.2 Å². The number of fused-ring (bicyclic) bond motifs is 1. The predicted molar refractivity (Wildman–Crippen MR) is 172 cm³/mol. The average molecular weight is 613 g/mol. The maximum atomic E-state index is 13.6. The molecule has 4 N–H and O–H groups in total. The molecule has 11 nitrogen and oxygen atoms in total. The van der Waals surface area contributed by atoms with Crippen molar-refractivity contribution >= 4 is 22.8 Å². The smallest absolute Gasteiger partial charge is 0.234 e. The molecule has 0 amide bonds. The van der Waals surface area contributed by atoms with Crippen molar-refractivity contribution in [2.24, 2.45) is 0 Å². The summed E-state index contributed by atoms with van der Waals surface area (Å²) in [4.78, 5) is 24.4. The molecule has 0 saturated carbocycles. The summed E-state index contributed by atoms with van der Waals surface area (Å²) in [7, 11) is 0. The first kappa shape index (κ1) is 29.0. The third-order valence-electron chi connectivity index (χ3n) is 8.12. The van der Waals surface area contributed by atoms with E-state index in [4.69, 9.17) is 21.0 Å². The SMILES string of the molecule is N#Cc1nccc(NC2(O)CCN(Cc3ccc(-n4c(-c5cccnc5N)nc5ccc(-c6ccc(F)cc6)nc54)cc3)CC2)n1. The molecule has 0 spiro atoms. The molecule has 1 aliphatic heterocycles. The summed E-state index contributed by atoms with van der Waals surface area (Å²) in [5, 5.41) is 23.3. The molecular weight excluding hydrogens is 583 g/mol. The van der Waals surface area contributed by atoms with Crippen molar-refractivity contribution in [3.8, 4) is 34.4 Å². The molecule has 46 heavy (non-hydrogen) atoms. The highest BCUT2D eigenvalue weighted by Gasteiger charge is 2.32. The number of nitriles is 1. The lowest BCUT2D eigenvalue weighted by molar-refractivity contribution is 0.000196. The number of nitrogen functional groups attached to an aromatic ring is 1. The Labute approximate surface area is 263 Å². The van der Waals surface area contributed by atoms with Gasteiger partial charge in [-0.15, -0.1) is 0 Å². The molecule has 0 aliphatic carbocycles. The second kappa shape index (κ2) is 12.0. The van der Waals surface area contributed by atoms with Gasteiger partial charge in [0.25, 0.3) is 0 Å². The average Bonchev–Trinajstić information content (AvgIpc) is 3.45. The summed E-state index contributed by atoms with van der Waals surface area (Å²) >= 11 is 0. The zero-order valence-electron chi connectivity index (χ0n) is 24.7. The van der Waals surface area contributed by atoms with Crippen molar-refractivity contribution in [3.05, 3.63) is 108 Å². The summed E-state index contributed by atoms with van der Waals surface area (Å²) in [6.07, 6.45) is 4.13. The lowest BCUT2D eigenvalue weighted by Crippen LogP contribution is -2.49. The number of nitrogens with zero attached hydrogens (tertiary/aromatic N) is 8. The molecule has 1 saturated heterocycles. The van der Waals surface area contributed by atoms with Crippen molar-refractivity contribution in [1.29, 1.82) is 5.26 Å². The molecule has 228 valence electrons. The highest BCUT2D eigenvalue weighted by atomic mass is 19.1. The Kier molecular flexibility index (Phi) is 7.53. The zero-order chi connectivity index (χ0) is 31.7. The van der Waals surface area contributed by atoms with Gasteiger partial charge in [-0.25, -0.2) is 29.3 Å². The number of nitrogens with two attached hydrogens (primary N) is 1. The van der Waals surface area contributed by atoms with E-state index < -0.39 is 5.72 Å². The third kappa shape index (κ3) is 5.84. The maximum Gasteiger partial charge on any atom is 0.234 e. The fraction of sp³-hybridized carbons (Fsp3) is 0.176. The number of imidazole rings is 1. The van der Waals surface area contributed by atoms with Crippen molar-refractivity contribution in [2.75, 3.05) is 24.1 Å². The minimum Gasteiger partial charge on any atom is -0.383 e. The first-order chi connectivity index (χ1) is 22.4. The van der Waals surface area contributed by atoms with Gasteiger partial charge in [-0.05, 0) is 72.3 Å². The van der Waals surface area contributed by atoms with Crippen molar-refractivity contribution in [3.63, 3.8) is 0 Å². The summed E-state index contributed by atoms with van der Waals surface area (Å²) in [5.74, 6) is 1.15. The van der Waals surface area contributed by atoms with E-state index in [0.29, 0.717) is 72.4 Å². The molecule has 0 bridgehead atoms. The molecule has 1 fully saturated rings. The van der Waals surface area contributed by atoms with Gasteiger partial charge in [0.05, 0.1) is 11.3 Å². The van der Waals surface area contributed by atoms with E-state index >= 15 is 0 Å². The van der Waals surface area contributed by atoms with Crippen LogP contribution in [0.4, 0.5) is 16.0 Å². The van der Waals surface area contributed by atoms with Crippen LogP contribution in [0.1, 0.15) is 24.2 Å². The van der Waals surface area contributed by atoms with E-state index in [0.717, 1.165) is 16.8 Å². The molecule has 0 atom stereocenters. The number of nitrogens with one attached hydrogen (secondary N) is 1. The first-order valence-electron chi connectivity index (χ1n) is 14.8.